The molecule has 4 nitrogen and oxygen atoms in total. The summed E-state index contributed by atoms with van der Waals surface area (Å²) >= 11 is 0. The molecular formula is C17H17N3O. The van der Waals surface area contributed by atoms with E-state index >= 15 is 0 Å². The van der Waals surface area contributed by atoms with Crippen molar-refractivity contribution in [1.29, 1.82) is 0 Å². The van der Waals surface area contributed by atoms with E-state index < -0.39 is 0 Å². The van der Waals surface area contributed by atoms with Gasteiger partial charge in [0.05, 0.1) is 12.6 Å². The van der Waals surface area contributed by atoms with Crippen molar-refractivity contribution in [2.45, 2.75) is 6.92 Å². The summed E-state index contributed by atoms with van der Waals surface area (Å²) in [5, 5.41) is 4.19. The van der Waals surface area contributed by atoms with Gasteiger partial charge in [0, 0.05) is 18.0 Å². The number of fused-ring (bicyclic) bond motifs is 1. The lowest BCUT2D eigenvalue weighted by atomic mass is 10.1. The first kappa shape index (κ1) is 13.4. The van der Waals surface area contributed by atoms with E-state index in [0.717, 1.165) is 33.6 Å². The van der Waals surface area contributed by atoms with E-state index in [4.69, 9.17) is 9.72 Å². The number of aromatic nitrogens is 2. The molecule has 0 saturated carbocycles. The number of anilines is 1. The highest BCUT2D eigenvalue weighted by molar-refractivity contribution is 5.92. The molecule has 1 heterocycles. The van der Waals surface area contributed by atoms with Gasteiger partial charge in [0.2, 0.25) is 0 Å². The topological polar surface area (TPSA) is 47.0 Å². The van der Waals surface area contributed by atoms with Gasteiger partial charge in [0.1, 0.15) is 11.6 Å². The summed E-state index contributed by atoms with van der Waals surface area (Å²) < 4.78 is 5.27. The lowest BCUT2D eigenvalue weighted by Gasteiger charge is -2.10. The number of ether oxygens (including phenoxy) is 1. The number of benzene rings is 2. The van der Waals surface area contributed by atoms with Crippen LogP contribution < -0.4 is 10.1 Å². The minimum absolute atomic E-state index is 0.694. The van der Waals surface area contributed by atoms with Gasteiger partial charge in [0.25, 0.3) is 0 Å². The molecule has 0 bridgehead atoms. The van der Waals surface area contributed by atoms with Crippen LogP contribution >= 0.6 is 0 Å². The second-order valence-electron chi connectivity index (χ2n) is 4.85. The molecule has 0 saturated heterocycles. The average Bonchev–Trinajstić information content (AvgIpc) is 2.54. The largest absolute Gasteiger partial charge is 0.497 e. The standard InChI is InChI=1S/C17H17N3O/c1-11-6-4-9-14-15(11)19-16(20-17(14)18-2)12-7-5-8-13(10-12)21-3/h4-10H,1-3H3,(H,18,19,20). The third kappa shape index (κ3) is 2.40. The van der Waals surface area contributed by atoms with Crippen LogP contribution in [0.15, 0.2) is 42.5 Å². The molecule has 0 fully saturated rings. The van der Waals surface area contributed by atoms with Gasteiger partial charge < -0.3 is 10.1 Å². The van der Waals surface area contributed by atoms with Crippen LogP contribution in [0.1, 0.15) is 5.56 Å². The second-order valence-corrected chi connectivity index (χ2v) is 4.85. The number of nitrogens with zero attached hydrogens (tertiary/aromatic N) is 2. The number of hydrogen-bond donors (Lipinski definition) is 1. The summed E-state index contributed by atoms with van der Waals surface area (Å²) in [6, 6.07) is 13.9. The first-order valence-corrected chi connectivity index (χ1v) is 6.82. The fourth-order valence-electron chi connectivity index (χ4n) is 2.38. The Morgan fingerprint density at radius 3 is 2.62 bits per heavy atom. The van der Waals surface area contributed by atoms with Crippen LogP contribution in [-0.2, 0) is 0 Å². The zero-order valence-electron chi connectivity index (χ0n) is 12.3. The van der Waals surface area contributed by atoms with E-state index in [0.29, 0.717) is 5.82 Å². The van der Waals surface area contributed by atoms with Gasteiger partial charge >= 0.3 is 0 Å². The molecule has 0 spiro atoms. The van der Waals surface area contributed by atoms with E-state index in [-0.39, 0.29) is 0 Å². The number of hydrogen-bond acceptors (Lipinski definition) is 4. The smallest absolute Gasteiger partial charge is 0.162 e. The molecule has 21 heavy (non-hydrogen) atoms. The van der Waals surface area contributed by atoms with Crippen LogP contribution in [0, 0.1) is 6.92 Å². The summed E-state index contributed by atoms with van der Waals surface area (Å²) in [6.45, 7) is 2.06. The number of para-hydroxylation sites is 1. The first-order chi connectivity index (χ1) is 10.2. The van der Waals surface area contributed by atoms with E-state index in [1.807, 2.05) is 43.4 Å². The number of nitrogens with one attached hydrogen (secondary N) is 1. The molecule has 4 heteroatoms. The van der Waals surface area contributed by atoms with Gasteiger partial charge in [-0.25, -0.2) is 9.97 Å². The van der Waals surface area contributed by atoms with Crippen molar-refractivity contribution in [1.82, 2.24) is 9.97 Å². The fourth-order valence-corrected chi connectivity index (χ4v) is 2.38. The van der Waals surface area contributed by atoms with E-state index in [1.165, 1.54) is 0 Å². The highest BCUT2D eigenvalue weighted by Crippen LogP contribution is 2.28. The van der Waals surface area contributed by atoms with Gasteiger partial charge in [-0.1, -0.05) is 24.3 Å². The SMILES string of the molecule is CNc1nc(-c2cccc(OC)c2)nc2c(C)cccc12. The van der Waals surface area contributed by atoms with Crippen molar-refractivity contribution in [3.63, 3.8) is 0 Å². The van der Waals surface area contributed by atoms with E-state index in [9.17, 15) is 0 Å². The first-order valence-electron chi connectivity index (χ1n) is 6.82. The second kappa shape index (κ2) is 5.40. The average molecular weight is 279 g/mol. The minimum Gasteiger partial charge on any atom is -0.497 e. The van der Waals surface area contributed by atoms with E-state index in [1.54, 1.807) is 7.11 Å². The predicted octanol–water partition coefficient (Wildman–Crippen LogP) is 3.66. The number of aryl methyl sites for hydroxylation is 1. The normalized spacial score (nSPS) is 10.6. The van der Waals surface area contributed by atoms with Crippen molar-refractivity contribution < 1.29 is 4.74 Å². The van der Waals surface area contributed by atoms with Gasteiger partial charge in [0.15, 0.2) is 5.82 Å². The van der Waals surface area contributed by atoms with Crippen LogP contribution in [0.25, 0.3) is 22.3 Å². The molecule has 0 radical (unpaired) electrons. The van der Waals surface area contributed by atoms with Crippen LogP contribution in [0.5, 0.6) is 5.75 Å². The quantitative estimate of drug-likeness (QED) is 0.795. The van der Waals surface area contributed by atoms with Crippen molar-refractivity contribution in [3.8, 4) is 17.1 Å². The van der Waals surface area contributed by atoms with Crippen molar-refractivity contribution in [3.05, 3.63) is 48.0 Å². The molecule has 0 atom stereocenters. The maximum Gasteiger partial charge on any atom is 0.162 e. The van der Waals surface area contributed by atoms with Crippen LogP contribution in [-0.4, -0.2) is 24.1 Å². The van der Waals surface area contributed by atoms with Crippen LogP contribution in [0.4, 0.5) is 5.82 Å². The Bertz CT molecular complexity index is 799. The molecule has 0 aliphatic heterocycles. The van der Waals surface area contributed by atoms with Gasteiger partial charge in [-0.15, -0.1) is 0 Å². The maximum absolute atomic E-state index is 5.27. The van der Waals surface area contributed by atoms with Crippen LogP contribution in [0.2, 0.25) is 0 Å². The third-order valence-corrected chi connectivity index (χ3v) is 3.49. The summed E-state index contributed by atoms with van der Waals surface area (Å²) in [7, 11) is 3.53. The Labute approximate surface area is 123 Å². The van der Waals surface area contributed by atoms with Gasteiger partial charge in [-0.3, -0.25) is 0 Å². The Balaban J connectivity index is 2.25. The van der Waals surface area contributed by atoms with Gasteiger partial charge in [-0.2, -0.15) is 0 Å². The third-order valence-electron chi connectivity index (χ3n) is 3.49. The minimum atomic E-state index is 0.694. The molecule has 0 aliphatic rings. The predicted molar refractivity (Wildman–Crippen MR) is 85.8 cm³/mol. The Kier molecular flexibility index (Phi) is 3.44. The molecule has 3 rings (SSSR count). The highest BCUT2D eigenvalue weighted by atomic mass is 16.5. The molecule has 2 aromatic carbocycles. The molecule has 0 amide bonds. The molecule has 0 unspecified atom stereocenters. The van der Waals surface area contributed by atoms with E-state index in [2.05, 4.69) is 23.3 Å². The Morgan fingerprint density at radius 1 is 1.05 bits per heavy atom. The van der Waals surface area contributed by atoms with Crippen molar-refractivity contribution in [2.75, 3.05) is 19.5 Å². The summed E-state index contributed by atoms with van der Waals surface area (Å²) in [5.41, 5.74) is 3.04. The Hall–Kier alpha value is -2.62. The van der Waals surface area contributed by atoms with Crippen molar-refractivity contribution in [2.24, 2.45) is 0 Å². The number of methoxy groups -OCH3 is 1. The van der Waals surface area contributed by atoms with Crippen LogP contribution in [0.3, 0.4) is 0 Å². The lowest BCUT2D eigenvalue weighted by Crippen LogP contribution is -1.99. The molecule has 3 aromatic rings. The Morgan fingerprint density at radius 2 is 1.86 bits per heavy atom. The zero-order valence-corrected chi connectivity index (χ0v) is 12.3. The zero-order chi connectivity index (χ0) is 14.8. The molecule has 1 N–H and O–H groups in total. The maximum atomic E-state index is 5.27. The highest BCUT2D eigenvalue weighted by Gasteiger charge is 2.10. The van der Waals surface area contributed by atoms with Crippen molar-refractivity contribution >= 4 is 16.7 Å². The molecular weight excluding hydrogens is 262 g/mol. The monoisotopic (exact) mass is 279 g/mol. The summed E-state index contributed by atoms with van der Waals surface area (Å²) in [5.74, 6) is 2.33. The molecule has 106 valence electrons. The van der Waals surface area contributed by atoms with Gasteiger partial charge in [-0.05, 0) is 30.7 Å². The number of rotatable bonds is 3. The summed E-state index contributed by atoms with van der Waals surface area (Å²) in [6.07, 6.45) is 0. The molecule has 0 aliphatic carbocycles. The summed E-state index contributed by atoms with van der Waals surface area (Å²) in [4.78, 5) is 9.35. The fraction of sp³-hybridized carbons (Fsp3) is 0.176. The molecule has 1 aromatic heterocycles. The lowest BCUT2D eigenvalue weighted by molar-refractivity contribution is 0.415.